The molecule has 0 unspecified atom stereocenters. The number of ether oxygens (including phenoxy) is 1. The highest BCUT2D eigenvalue weighted by atomic mass is 32.1. The van der Waals surface area contributed by atoms with Crippen molar-refractivity contribution in [3.8, 4) is 11.5 Å². The molecule has 112 valence electrons. The van der Waals surface area contributed by atoms with Crippen molar-refractivity contribution < 1.29 is 4.74 Å². The van der Waals surface area contributed by atoms with Crippen LogP contribution in [-0.4, -0.2) is 9.97 Å². The number of benzene rings is 2. The molecule has 0 saturated carbocycles. The molecule has 0 fully saturated rings. The summed E-state index contributed by atoms with van der Waals surface area (Å²) in [6.45, 7) is 0. The van der Waals surface area contributed by atoms with Gasteiger partial charge in [0, 0.05) is 16.4 Å². The van der Waals surface area contributed by atoms with Crippen LogP contribution in [0, 0.1) is 0 Å². The Balaban J connectivity index is 1.53. The first-order valence-electron chi connectivity index (χ1n) is 7.15. The Morgan fingerprint density at radius 3 is 2.43 bits per heavy atom. The maximum Gasteiger partial charge on any atom is 0.142 e. The van der Waals surface area contributed by atoms with Crippen molar-refractivity contribution in [3.63, 3.8) is 0 Å². The Labute approximate surface area is 137 Å². The zero-order valence-corrected chi connectivity index (χ0v) is 13.0. The van der Waals surface area contributed by atoms with E-state index in [0.717, 1.165) is 33.9 Å². The van der Waals surface area contributed by atoms with Gasteiger partial charge in [0.1, 0.15) is 23.6 Å². The van der Waals surface area contributed by atoms with E-state index in [2.05, 4.69) is 15.3 Å². The van der Waals surface area contributed by atoms with Crippen molar-refractivity contribution in [1.82, 2.24) is 9.97 Å². The summed E-state index contributed by atoms with van der Waals surface area (Å²) >= 11 is 1.62. The molecule has 4 nitrogen and oxygen atoms in total. The second-order valence-corrected chi connectivity index (χ2v) is 5.70. The van der Waals surface area contributed by atoms with E-state index in [0.29, 0.717) is 0 Å². The number of para-hydroxylation sites is 1. The maximum absolute atomic E-state index is 5.79. The molecule has 0 bridgehead atoms. The molecule has 4 aromatic rings. The van der Waals surface area contributed by atoms with Crippen molar-refractivity contribution >= 4 is 33.7 Å². The smallest absolute Gasteiger partial charge is 0.142 e. The van der Waals surface area contributed by atoms with Gasteiger partial charge in [0.15, 0.2) is 0 Å². The summed E-state index contributed by atoms with van der Waals surface area (Å²) in [4.78, 5) is 8.56. The number of hydrogen-bond donors (Lipinski definition) is 1. The van der Waals surface area contributed by atoms with Gasteiger partial charge in [-0.15, -0.1) is 11.3 Å². The molecule has 2 heterocycles. The Morgan fingerprint density at radius 2 is 1.61 bits per heavy atom. The third kappa shape index (κ3) is 3.00. The van der Waals surface area contributed by atoms with Gasteiger partial charge in [0.25, 0.3) is 0 Å². The lowest BCUT2D eigenvalue weighted by atomic mass is 10.3. The fourth-order valence-electron chi connectivity index (χ4n) is 2.25. The highest BCUT2D eigenvalue weighted by molar-refractivity contribution is 7.09. The molecule has 0 amide bonds. The second kappa shape index (κ2) is 6.06. The minimum Gasteiger partial charge on any atom is -0.457 e. The van der Waals surface area contributed by atoms with Gasteiger partial charge in [-0.2, -0.15) is 0 Å². The van der Waals surface area contributed by atoms with Crippen LogP contribution in [-0.2, 0) is 0 Å². The average molecular weight is 319 g/mol. The molecule has 0 radical (unpaired) electrons. The van der Waals surface area contributed by atoms with Gasteiger partial charge in [-0.3, -0.25) is 0 Å². The summed E-state index contributed by atoms with van der Waals surface area (Å²) in [7, 11) is 0. The highest BCUT2D eigenvalue weighted by Crippen LogP contribution is 2.27. The minimum atomic E-state index is 0.796. The lowest BCUT2D eigenvalue weighted by Gasteiger charge is -2.08. The van der Waals surface area contributed by atoms with Crippen LogP contribution in [0.4, 0.5) is 11.5 Å². The van der Waals surface area contributed by atoms with Crippen LogP contribution >= 0.6 is 11.3 Å². The van der Waals surface area contributed by atoms with Gasteiger partial charge in [0.2, 0.25) is 0 Å². The standard InChI is InChI=1S/C18H13N3OS/c1-2-4-14(5-3-1)22-15-8-6-13(7-9-15)21-18-16-10-23-11-17(16)19-12-20-18/h1-12H,(H,19,20,21). The van der Waals surface area contributed by atoms with E-state index in [4.69, 9.17) is 4.74 Å². The highest BCUT2D eigenvalue weighted by Gasteiger charge is 2.05. The van der Waals surface area contributed by atoms with Crippen LogP contribution in [0.5, 0.6) is 11.5 Å². The molecule has 4 rings (SSSR count). The topological polar surface area (TPSA) is 47.0 Å². The quantitative estimate of drug-likeness (QED) is 0.559. The lowest BCUT2D eigenvalue weighted by Crippen LogP contribution is -1.94. The van der Waals surface area contributed by atoms with E-state index in [1.807, 2.05) is 65.4 Å². The minimum absolute atomic E-state index is 0.796. The van der Waals surface area contributed by atoms with Crippen LogP contribution in [0.1, 0.15) is 0 Å². The van der Waals surface area contributed by atoms with Gasteiger partial charge in [-0.1, -0.05) is 18.2 Å². The zero-order chi connectivity index (χ0) is 15.5. The number of rotatable bonds is 4. The van der Waals surface area contributed by atoms with Crippen LogP contribution in [0.15, 0.2) is 71.7 Å². The van der Waals surface area contributed by atoms with Crippen LogP contribution in [0.2, 0.25) is 0 Å². The number of anilines is 2. The van der Waals surface area contributed by atoms with Crippen LogP contribution < -0.4 is 10.1 Å². The first-order valence-corrected chi connectivity index (χ1v) is 8.10. The normalized spacial score (nSPS) is 10.6. The first-order chi connectivity index (χ1) is 11.4. The molecule has 2 aromatic heterocycles. The fourth-order valence-corrected chi connectivity index (χ4v) is 3.01. The van der Waals surface area contributed by atoms with Crippen LogP contribution in [0.25, 0.3) is 10.9 Å². The number of fused-ring (bicyclic) bond motifs is 1. The molecule has 0 aliphatic heterocycles. The summed E-state index contributed by atoms with van der Waals surface area (Å²) in [6.07, 6.45) is 1.57. The molecule has 0 atom stereocenters. The van der Waals surface area contributed by atoms with Crippen molar-refractivity contribution in [1.29, 1.82) is 0 Å². The average Bonchev–Trinajstić information content (AvgIpc) is 3.07. The Morgan fingerprint density at radius 1 is 0.826 bits per heavy atom. The van der Waals surface area contributed by atoms with E-state index in [9.17, 15) is 0 Å². The molecule has 5 heteroatoms. The number of aromatic nitrogens is 2. The van der Waals surface area contributed by atoms with Crippen LogP contribution in [0.3, 0.4) is 0 Å². The zero-order valence-electron chi connectivity index (χ0n) is 12.1. The number of nitrogens with one attached hydrogen (secondary N) is 1. The SMILES string of the molecule is c1ccc(Oc2ccc(Nc3ncnc4cscc34)cc2)cc1. The third-order valence-electron chi connectivity index (χ3n) is 3.38. The summed E-state index contributed by atoms with van der Waals surface area (Å²) in [5.41, 5.74) is 1.91. The lowest BCUT2D eigenvalue weighted by molar-refractivity contribution is 0.483. The van der Waals surface area contributed by atoms with Gasteiger partial charge in [0.05, 0.1) is 10.9 Å². The summed E-state index contributed by atoms with van der Waals surface area (Å²) in [6, 6.07) is 17.5. The van der Waals surface area contributed by atoms with Gasteiger partial charge >= 0.3 is 0 Å². The molecule has 1 N–H and O–H groups in total. The Hall–Kier alpha value is -2.92. The predicted octanol–water partition coefficient (Wildman–Crippen LogP) is 5.23. The Kier molecular flexibility index (Phi) is 3.62. The van der Waals surface area contributed by atoms with E-state index in [-0.39, 0.29) is 0 Å². The van der Waals surface area contributed by atoms with Crippen molar-refractivity contribution in [2.45, 2.75) is 0 Å². The van der Waals surface area contributed by atoms with E-state index in [1.54, 1.807) is 17.7 Å². The third-order valence-corrected chi connectivity index (χ3v) is 4.11. The largest absolute Gasteiger partial charge is 0.457 e. The maximum atomic E-state index is 5.79. The van der Waals surface area contributed by atoms with Crippen molar-refractivity contribution in [2.24, 2.45) is 0 Å². The van der Waals surface area contributed by atoms with E-state index < -0.39 is 0 Å². The second-order valence-electron chi connectivity index (χ2n) is 4.96. The number of thiophene rings is 1. The summed E-state index contributed by atoms with van der Waals surface area (Å²) < 4.78 is 5.79. The molecular weight excluding hydrogens is 306 g/mol. The van der Waals surface area contributed by atoms with Gasteiger partial charge in [-0.25, -0.2) is 9.97 Å². The number of nitrogens with zero attached hydrogens (tertiary/aromatic N) is 2. The first kappa shape index (κ1) is 13.7. The molecule has 0 saturated heterocycles. The van der Waals surface area contributed by atoms with E-state index >= 15 is 0 Å². The molecule has 0 aliphatic carbocycles. The summed E-state index contributed by atoms with van der Waals surface area (Å²) in [5, 5.41) is 8.41. The molecular formula is C18H13N3OS. The van der Waals surface area contributed by atoms with Gasteiger partial charge < -0.3 is 10.1 Å². The number of hydrogen-bond acceptors (Lipinski definition) is 5. The molecule has 2 aromatic carbocycles. The monoisotopic (exact) mass is 319 g/mol. The molecule has 0 spiro atoms. The van der Waals surface area contributed by atoms with Gasteiger partial charge in [-0.05, 0) is 36.4 Å². The molecule has 0 aliphatic rings. The van der Waals surface area contributed by atoms with E-state index in [1.165, 1.54) is 0 Å². The molecule has 23 heavy (non-hydrogen) atoms. The van der Waals surface area contributed by atoms with Crippen molar-refractivity contribution in [3.05, 3.63) is 71.7 Å². The fraction of sp³-hybridized carbons (Fsp3) is 0. The predicted molar refractivity (Wildman–Crippen MR) is 93.7 cm³/mol. The summed E-state index contributed by atoms with van der Waals surface area (Å²) in [5.74, 6) is 2.43. The Bertz CT molecular complexity index is 920. The van der Waals surface area contributed by atoms with Crippen molar-refractivity contribution in [2.75, 3.05) is 5.32 Å².